The first kappa shape index (κ1) is 22.4. The molecule has 1 atom stereocenters. The summed E-state index contributed by atoms with van der Waals surface area (Å²) >= 11 is 6.52. The molecule has 34 heavy (non-hydrogen) atoms. The highest BCUT2D eigenvalue weighted by Crippen LogP contribution is 2.38. The number of hydroxylamine groups is 1. The molecule has 2 aromatic carbocycles. The number of carbonyl (C=O) groups excluding carboxylic acids is 1. The molecule has 3 heterocycles. The first-order chi connectivity index (χ1) is 16.3. The van der Waals surface area contributed by atoms with Crippen LogP contribution in [0.1, 0.15) is 23.2 Å². The van der Waals surface area contributed by atoms with Crippen LogP contribution in [0.2, 0.25) is 5.02 Å². The fourth-order valence-electron chi connectivity index (χ4n) is 4.12. The average Bonchev–Trinajstić information content (AvgIpc) is 3.32. The Morgan fingerprint density at radius 1 is 1.12 bits per heavy atom. The third-order valence-electron chi connectivity index (χ3n) is 5.75. The number of rotatable bonds is 4. The summed E-state index contributed by atoms with van der Waals surface area (Å²) in [6, 6.07) is 13.8. The summed E-state index contributed by atoms with van der Waals surface area (Å²) in [5.74, 6) is 0.391. The number of nitrogens with one attached hydrogen (secondary N) is 1. The SMILES string of the molecule is O=CC1N=C(c2ccc(N3CCCc4cc(-c5ccc(C(F)(F)F)nc5)ccc43)cc2Cl)NO1. The molecule has 5 rings (SSSR count). The molecule has 2 aliphatic heterocycles. The van der Waals surface area contributed by atoms with Gasteiger partial charge in [-0.15, -0.1) is 0 Å². The molecule has 0 radical (unpaired) electrons. The number of hydrogen-bond acceptors (Lipinski definition) is 6. The number of alkyl halides is 3. The van der Waals surface area contributed by atoms with Gasteiger partial charge in [-0.2, -0.15) is 13.2 Å². The van der Waals surface area contributed by atoms with E-state index in [9.17, 15) is 18.0 Å². The van der Waals surface area contributed by atoms with Crippen molar-refractivity contribution in [3.05, 3.63) is 76.6 Å². The van der Waals surface area contributed by atoms with Crippen molar-refractivity contribution in [1.82, 2.24) is 10.5 Å². The van der Waals surface area contributed by atoms with E-state index in [1.807, 2.05) is 36.4 Å². The molecule has 10 heteroatoms. The summed E-state index contributed by atoms with van der Waals surface area (Å²) in [6.07, 6.45) is -1.76. The molecule has 2 aliphatic rings. The Labute approximate surface area is 198 Å². The zero-order valence-electron chi connectivity index (χ0n) is 17.6. The van der Waals surface area contributed by atoms with E-state index in [2.05, 4.69) is 20.4 Å². The number of aliphatic imine (C=N–C) groups is 1. The number of aryl methyl sites for hydroxylation is 1. The van der Waals surface area contributed by atoms with Crippen LogP contribution in [0.5, 0.6) is 0 Å². The monoisotopic (exact) mass is 486 g/mol. The van der Waals surface area contributed by atoms with Gasteiger partial charge in [0.2, 0.25) is 6.23 Å². The molecule has 1 N–H and O–H groups in total. The molecule has 1 aromatic heterocycles. The molecule has 1 unspecified atom stereocenters. The number of pyridine rings is 1. The molecular formula is C24H18ClF3N4O2. The number of nitrogens with zero attached hydrogens (tertiary/aromatic N) is 3. The van der Waals surface area contributed by atoms with Gasteiger partial charge in [0.25, 0.3) is 0 Å². The van der Waals surface area contributed by atoms with Crippen LogP contribution in [0.15, 0.2) is 59.7 Å². The second kappa shape index (κ2) is 8.73. The smallest absolute Gasteiger partial charge is 0.341 e. The fourth-order valence-corrected chi connectivity index (χ4v) is 4.38. The Hall–Kier alpha value is -3.43. The summed E-state index contributed by atoms with van der Waals surface area (Å²) < 4.78 is 38.5. The number of aldehydes is 1. The maximum absolute atomic E-state index is 12.8. The number of carbonyl (C=O) groups is 1. The van der Waals surface area contributed by atoms with Crippen molar-refractivity contribution in [2.24, 2.45) is 4.99 Å². The van der Waals surface area contributed by atoms with Crippen LogP contribution in [0.4, 0.5) is 24.5 Å². The van der Waals surface area contributed by atoms with Gasteiger partial charge in [-0.3, -0.25) is 9.78 Å². The molecule has 0 spiro atoms. The number of aromatic nitrogens is 1. The summed E-state index contributed by atoms with van der Waals surface area (Å²) in [7, 11) is 0. The van der Waals surface area contributed by atoms with Crippen molar-refractivity contribution >= 4 is 35.1 Å². The lowest BCUT2D eigenvalue weighted by atomic mass is 9.96. The minimum atomic E-state index is -4.46. The first-order valence-electron chi connectivity index (χ1n) is 10.5. The summed E-state index contributed by atoms with van der Waals surface area (Å²) in [5, 5.41) is 0.457. The fraction of sp³-hybridized carbons (Fsp3) is 0.208. The maximum atomic E-state index is 12.8. The van der Waals surface area contributed by atoms with E-state index in [0.29, 0.717) is 28.3 Å². The van der Waals surface area contributed by atoms with E-state index in [1.165, 1.54) is 12.3 Å². The number of amidine groups is 1. The molecule has 0 saturated heterocycles. The molecular weight excluding hydrogens is 469 g/mol. The molecule has 0 amide bonds. The molecule has 0 saturated carbocycles. The van der Waals surface area contributed by atoms with Crippen LogP contribution in [0.3, 0.4) is 0 Å². The normalized spacial score (nSPS) is 17.7. The second-order valence-corrected chi connectivity index (χ2v) is 8.32. The van der Waals surface area contributed by atoms with Crippen molar-refractivity contribution in [2.75, 3.05) is 11.4 Å². The van der Waals surface area contributed by atoms with Crippen LogP contribution in [-0.2, 0) is 22.2 Å². The number of hydrogen-bond donors (Lipinski definition) is 1. The van der Waals surface area contributed by atoms with Crippen molar-refractivity contribution in [1.29, 1.82) is 0 Å². The molecule has 174 valence electrons. The van der Waals surface area contributed by atoms with Gasteiger partial charge in [0, 0.05) is 35.2 Å². The lowest BCUT2D eigenvalue weighted by molar-refractivity contribution is -0.141. The van der Waals surface area contributed by atoms with Gasteiger partial charge in [-0.25, -0.2) is 15.3 Å². The Kier molecular flexibility index (Phi) is 5.75. The topological polar surface area (TPSA) is 66.8 Å². The predicted octanol–water partition coefficient (Wildman–Crippen LogP) is 5.31. The van der Waals surface area contributed by atoms with Gasteiger partial charge in [-0.1, -0.05) is 23.7 Å². The van der Waals surface area contributed by atoms with Gasteiger partial charge in [-0.05, 0) is 60.4 Å². The predicted molar refractivity (Wildman–Crippen MR) is 122 cm³/mol. The molecule has 6 nitrogen and oxygen atoms in total. The van der Waals surface area contributed by atoms with E-state index >= 15 is 0 Å². The van der Waals surface area contributed by atoms with Gasteiger partial charge in [0.1, 0.15) is 5.69 Å². The zero-order chi connectivity index (χ0) is 23.9. The Bertz CT molecular complexity index is 1280. The van der Waals surface area contributed by atoms with E-state index in [0.717, 1.165) is 48.0 Å². The van der Waals surface area contributed by atoms with Crippen LogP contribution in [0.25, 0.3) is 11.1 Å². The summed E-state index contributed by atoms with van der Waals surface area (Å²) in [5.41, 5.74) is 6.76. The van der Waals surface area contributed by atoms with Crippen molar-refractivity contribution < 1.29 is 22.8 Å². The van der Waals surface area contributed by atoms with Gasteiger partial charge in [0.05, 0.1) is 5.02 Å². The minimum absolute atomic E-state index is 0.391. The highest BCUT2D eigenvalue weighted by atomic mass is 35.5. The Morgan fingerprint density at radius 3 is 2.62 bits per heavy atom. The second-order valence-electron chi connectivity index (χ2n) is 7.92. The lowest BCUT2D eigenvalue weighted by Gasteiger charge is -2.32. The number of benzene rings is 2. The highest BCUT2D eigenvalue weighted by Gasteiger charge is 2.32. The maximum Gasteiger partial charge on any atom is 0.433 e. The lowest BCUT2D eigenvalue weighted by Crippen LogP contribution is -2.25. The highest BCUT2D eigenvalue weighted by molar-refractivity contribution is 6.34. The van der Waals surface area contributed by atoms with Crippen molar-refractivity contribution in [2.45, 2.75) is 25.2 Å². The first-order valence-corrected chi connectivity index (χ1v) is 10.9. The van der Waals surface area contributed by atoms with E-state index in [-0.39, 0.29) is 0 Å². The Balaban J connectivity index is 1.42. The third kappa shape index (κ3) is 4.24. The Morgan fingerprint density at radius 2 is 1.94 bits per heavy atom. The average molecular weight is 487 g/mol. The van der Waals surface area contributed by atoms with Crippen molar-refractivity contribution in [3.8, 4) is 11.1 Å². The van der Waals surface area contributed by atoms with Crippen LogP contribution < -0.4 is 10.4 Å². The number of fused-ring (bicyclic) bond motifs is 1. The van der Waals surface area contributed by atoms with Gasteiger partial charge < -0.3 is 4.90 Å². The number of halogens is 4. The van der Waals surface area contributed by atoms with Crippen LogP contribution in [0, 0.1) is 0 Å². The van der Waals surface area contributed by atoms with Gasteiger partial charge >= 0.3 is 6.18 Å². The quantitative estimate of drug-likeness (QED) is 0.506. The van der Waals surface area contributed by atoms with Gasteiger partial charge in [0.15, 0.2) is 12.1 Å². The molecule has 3 aromatic rings. The summed E-state index contributed by atoms with van der Waals surface area (Å²) in [6.45, 7) is 0.791. The van der Waals surface area contributed by atoms with E-state index in [1.54, 1.807) is 0 Å². The zero-order valence-corrected chi connectivity index (χ0v) is 18.4. The van der Waals surface area contributed by atoms with Crippen molar-refractivity contribution in [3.63, 3.8) is 0 Å². The summed E-state index contributed by atoms with van der Waals surface area (Å²) in [4.78, 5) is 25.7. The van der Waals surface area contributed by atoms with Crippen LogP contribution in [-0.4, -0.2) is 29.9 Å². The third-order valence-corrected chi connectivity index (χ3v) is 6.07. The minimum Gasteiger partial charge on any atom is -0.341 e. The largest absolute Gasteiger partial charge is 0.433 e. The van der Waals surface area contributed by atoms with E-state index < -0.39 is 18.1 Å². The van der Waals surface area contributed by atoms with E-state index in [4.69, 9.17) is 16.4 Å². The standard InChI is InChI=1S/C24H18ClF3N4O2/c25-19-11-17(5-6-18(19)23-30-22(13-33)34-31-23)32-9-1-2-15-10-14(3-7-20(15)32)16-4-8-21(29-12-16)24(26,27)28/h3-8,10-13,22H,1-2,9H2,(H,30,31). The molecule has 0 bridgehead atoms. The molecule has 0 fully saturated rings. The number of anilines is 2. The molecule has 0 aliphatic carbocycles. The van der Waals surface area contributed by atoms with Crippen LogP contribution >= 0.6 is 11.6 Å².